The van der Waals surface area contributed by atoms with E-state index in [1.165, 1.54) is 0 Å². The van der Waals surface area contributed by atoms with Crippen LogP contribution in [-0.4, -0.2) is 18.6 Å². The van der Waals surface area contributed by atoms with Gasteiger partial charge >= 0.3 is 5.97 Å². The molecule has 0 rings (SSSR count). The van der Waals surface area contributed by atoms with Crippen LogP contribution in [0.4, 0.5) is 0 Å². The molecule has 0 spiro atoms. The molecule has 0 aliphatic rings. The number of rotatable bonds is 4. The molecule has 0 aromatic rings. The van der Waals surface area contributed by atoms with Crippen molar-refractivity contribution in [3.63, 3.8) is 0 Å². The fourth-order valence-electron chi connectivity index (χ4n) is 0.579. The van der Waals surface area contributed by atoms with Gasteiger partial charge in [-0.3, -0.25) is 4.79 Å². The van der Waals surface area contributed by atoms with Crippen molar-refractivity contribution >= 4 is 5.97 Å². The Morgan fingerprint density at radius 3 is 2.70 bits per heavy atom. The Hall–Kier alpha value is -0.570. The molecule has 0 unspecified atom stereocenters. The molecule has 0 aromatic heterocycles. The van der Waals surface area contributed by atoms with Gasteiger partial charge in [0.05, 0.1) is 6.61 Å². The Morgan fingerprint density at radius 1 is 1.70 bits per heavy atom. The van der Waals surface area contributed by atoms with Crippen LogP contribution in [0.5, 0.6) is 0 Å². The molecule has 0 saturated carbocycles. The lowest BCUT2D eigenvalue weighted by atomic mass is 10.2. The molecule has 0 bridgehead atoms. The molecule has 2 N–H and O–H groups in total. The van der Waals surface area contributed by atoms with Crippen LogP contribution in [0.3, 0.4) is 0 Å². The van der Waals surface area contributed by atoms with Gasteiger partial charge in [-0.05, 0) is 20.3 Å². The topological polar surface area (TPSA) is 52.3 Å². The zero-order valence-corrected chi connectivity index (χ0v) is 6.59. The zero-order valence-electron chi connectivity index (χ0n) is 6.59. The van der Waals surface area contributed by atoms with Crippen molar-refractivity contribution in [3.8, 4) is 0 Å². The minimum absolute atomic E-state index is 0.0874. The summed E-state index contributed by atoms with van der Waals surface area (Å²) in [5, 5.41) is 0. The molecule has 0 aromatic carbocycles. The molecule has 3 heteroatoms. The average Bonchev–Trinajstić information content (AvgIpc) is 1.85. The maximum Gasteiger partial charge on any atom is 0.305 e. The van der Waals surface area contributed by atoms with Crippen LogP contribution in [0.1, 0.15) is 26.7 Å². The van der Waals surface area contributed by atoms with E-state index in [1.807, 2.05) is 6.92 Å². The maximum atomic E-state index is 10.7. The maximum absolute atomic E-state index is 10.7. The molecule has 0 aliphatic carbocycles. The Kier molecular flexibility index (Phi) is 4.94. The smallest absolute Gasteiger partial charge is 0.305 e. The molecule has 0 amide bonds. The highest BCUT2D eigenvalue weighted by Crippen LogP contribution is 1.95. The highest BCUT2D eigenvalue weighted by Gasteiger charge is 2.02. The molecular formula is C7H15NO2. The summed E-state index contributed by atoms with van der Waals surface area (Å²) < 4.78 is 4.70. The highest BCUT2D eigenvalue weighted by molar-refractivity contribution is 5.69. The lowest BCUT2D eigenvalue weighted by Gasteiger charge is -2.03. The van der Waals surface area contributed by atoms with E-state index in [9.17, 15) is 4.79 Å². The van der Waals surface area contributed by atoms with Crippen molar-refractivity contribution in [3.05, 3.63) is 0 Å². The Morgan fingerprint density at radius 2 is 2.30 bits per heavy atom. The van der Waals surface area contributed by atoms with Gasteiger partial charge < -0.3 is 10.5 Å². The SMILES string of the molecule is CCOC(=O)CC[C@H](C)N. The molecule has 0 heterocycles. The summed E-state index contributed by atoms with van der Waals surface area (Å²) in [6.45, 7) is 4.13. The van der Waals surface area contributed by atoms with Crippen molar-refractivity contribution in [1.29, 1.82) is 0 Å². The van der Waals surface area contributed by atoms with Crippen molar-refractivity contribution in [2.75, 3.05) is 6.61 Å². The molecule has 3 nitrogen and oxygen atoms in total. The monoisotopic (exact) mass is 145 g/mol. The standard InChI is InChI=1S/C7H15NO2/c1-3-10-7(9)5-4-6(2)8/h6H,3-5,8H2,1-2H3/t6-/m0/s1. The molecule has 0 fully saturated rings. The third-order valence-corrected chi connectivity index (χ3v) is 1.11. The third kappa shape index (κ3) is 5.56. The second-order valence-electron chi connectivity index (χ2n) is 2.32. The van der Waals surface area contributed by atoms with Crippen molar-refractivity contribution in [1.82, 2.24) is 0 Å². The third-order valence-electron chi connectivity index (χ3n) is 1.11. The number of hydrogen-bond donors (Lipinski definition) is 1. The summed E-state index contributed by atoms with van der Waals surface area (Å²) in [5.41, 5.74) is 5.43. The first-order valence-corrected chi connectivity index (χ1v) is 3.58. The number of nitrogens with two attached hydrogens (primary N) is 1. The van der Waals surface area contributed by atoms with Crippen LogP contribution >= 0.6 is 0 Å². The van der Waals surface area contributed by atoms with Crippen LogP contribution < -0.4 is 5.73 Å². The van der Waals surface area contributed by atoms with Gasteiger partial charge in [-0.15, -0.1) is 0 Å². The fraction of sp³-hybridized carbons (Fsp3) is 0.857. The molecule has 0 radical (unpaired) electrons. The predicted octanol–water partition coefficient (Wildman–Crippen LogP) is 0.677. The number of ether oxygens (including phenoxy) is 1. The lowest BCUT2D eigenvalue weighted by molar-refractivity contribution is -0.143. The first kappa shape index (κ1) is 9.43. The molecule has 60 valence electrons. The molecule has 1 atom stereocenters. The van der Waals surface area contributed by atoms with Gasteiger partial charge in [0.25, 0.3) is 0 Å². The van der Waals surface area contributed by atoms with Gasteiger partial charge in [0.15, 0.2) is 0 Å². The summed E-state index contributed by atoms with van der Waals surface area (Å²) in [6.07, 6.45) is 1.14. The van der Waals surface area contributed by atoms with Gasteiger partial charge in [0.1, 0.15) is 0 Å². The van der Waals surface area contributed by atoms with E-state index in [0.29, 0.717) is 19.4 Å². The summed E-state index contributed by atoms with van der Waals surface area (Å²) in [5.74, 6) is -0.153. The summed E-state index contributed by atoms with van der Waals surface area (Å²) in [6, 6.07) is 0.0874. The normalized spacial score (nSPS) is 12.7. The predicted molar refractivity (Wildman–Crippen MR) is 39.5 cm³/mol. The minimum Gasteiger partial charge on any atom is -0.466 e. The number of hydrogen-bond acceptors (Lipinski definition) is 3. The van der Waals surface area contributed by atoms with Crippen LogP contribution in [0.2, 0.25) is 0 Å². The van der Waals surface area contributed by atoms with Gasteiger partial charge in [-0.1, -0.05) is 0 Å². The molecule has 10 heavy (non-hydrogen) atoms. The zero-order chi connectivity index (χ0) is 7.98. The highest BCUT2D eigenvalue weighted by atomic mass is 16.5. The Balaban J connectivity index is 3.22. The van der Waals surface area contributed by atoms with Crippen LogP contribution in [0.15, 0.2) is 0 Å². The second kappa shape index (κ2) is 5.23. The Bertz CT molecular complexity index is 102. The van der Waals surface area contributed by atoms with Gasteiger partial charge in [0, 0.05) is 12.5 Å². The van der Waals surface area contributed by atoms with E-state index in [2.05, 4.69) is 0 Å². The summed E-state index contributed by atoms with van der Waals surface area (Å²) in [7, 11) is 0. The first-order chi connectivity index (χ1) is 4.66. The average molecular weight is 145 g/mol. The summed E-state index contributed by atoms with van der Waals surface area (Å²) >= 11 is 0. The van der Waals surface area contributed by atoms with E-state index >= 15 is 0 Å². The van der Waals surface area contributed by atoms with E-state index < -0.39 is 0 Å². The second-order valence-corrected chi connectivity index (χ2v) is 2.32. The Labute approximate surface area is 61.5 Å². The first-order valence-electron chi connectivity index (χ1n) is 3.58. The number of carbonyl (C=O) groups is 1. The van der Waals surface area contributed by atoms with Crippen molar-refractivity contribution < 1.29 is 9.53 Å². The fourth-order valence-corrected chi connectivity index (χ4v) is 0.579. The van der Waals surface area contributed by atoms with Crippen LogP contribution in [0, 0.1) is 0 Å². The van der Waals surface area contributed by atoms with Crippen LogP contribution in [-0.2, 0) is 9.53 Å². The molecule has 0 aliphatic heterocycles. The number of carbonyl (C=O) groups excluding carboxylic acids is 1. The quantitative estimate of drug-likeness (QED) is 0.592. The van der Waals surface area contributed by atoms with Crippen molar-refractivity contribution in [2.24, 2.45) is 5.73 Å². The number of esters is 1. The van der Waals surface area contributed by atoms with Gasteiger partial charge in [-0.25, -0.2) is 0 Å². The molecular weight excluding hydrogens is 130 g/mol. The largest absolute Gasteiger partial charge is 0.466 e. The van der Waals surface area contributed by atoms with E-state index in [4.69, 9.17) is 10.5 Å². The lowest BCUT2D eigenvalue weighted by Crippen LogP contribution is -2.17. The van der Waals surface area contributed by atoms with Crippen LogP contribution in [0.25, 0.3) is 0 Å². The van der Waals surface area contributed by atoms with Crippen molar-refractivity contribution in [2.45, 2.75) is 32.7 Å². The molecule has 0 saturated heterocycles. The van der Waals surface area contributed by atoms with Gasteiger partial charge in [0.2, 0.25) is 0 Å². The van der Waals surface area contributed by atoms with Gasteiger partial charge in [-0.2, -0.15) is 0 Å². The summed E-state index contributed by atoms with van der Waals surface area (Å²) in [4.78, 5) is 10.7. The van der Waals surface area contributed by atoms with E-state index in [1.54, 1.807) is 6.92 Å². The minimum atomic E-state index is -0.153. The van der Waals surface area contributed by atoms with E-state index in [-0.39, 0.29) is 12.0 Å². The van der Waals surface area contributed by atoms with E-state index in [0.717, 1.165) is 0 Å².